The van der Waals surface area contributed by atoms with Gasteiger partial charge in [-0.25, -0.2) is 0 Å². The molecule has 112 valence electrons. The highest BCUT2D eigenvalue weighted by molar-refractivity contribution is 5.76. The number of hydrogen-bond donors (Lipinski definition) is 2. The second-order valence-corrected chi connectivity index (χ2v) is 6.14. The molecule has 0 bridgehead atoms. The maximum atomic E-state index is 11.6. The van der Waals surface area contributed by atoms with Crippen LogP contribution in [0.4, 0.5) is 0 Å². The molecular weight excluding hydrogens is 242 g/mol. The summed E-state index contributed by atoms with van der Waals surface area (Å²) in [6.45, 7) is 13.6. The Labute approximate surface area is 117 Å². The normalized spacial score (nSPS) is 21.4. The van der Waals surface area contributed by atoms with Crippen molar-refractivity contribution in [2.45, 2.75) is 45.8 Å². The molecule has 1 fully saturated rings. The van der Waals surface area contributed by atoms with Gasteiger partial charge in [-0.05, 0) is 27.3 Å². The fourth-order valence-electron chi connectivity index (χ4n) is 2.14. The van der Waals surface area contributed by atoms with Gasteiger partial charge in [0, 0.05) is 38.1 Å². The van der Waals surface area contributed by atoms with E-state index in [1.807, 2.05) is 20.8 Å². The first-order valence-electron chi connectivity index (χ1n) is 7.26. The van der Waals surface area contributed by atoms with Gasteiger partial charge in [0.1, 0.15) is 0 Å². The minimum atomic E-state index is -0.148. The third-order valence-corrected chi connectivity index (χ3v) is 3.09. The van der Waals surface area contributed by atoms with Gasteiger partial charge in [-0.1, -0.05) is 6.92 Å². The monoisotopic (exact) mass is 271 g/mol. The molecule has 0 aromatic rings. The maximum Gasteiger partial charge on any atom is 0.221 e. The summed E-state index contributed by atoms with van der Waals surface area (Å²) < 4.78 is 5.69. The van der Waals surface area contributed by atoms with Crippen LogP contribution in [0.3, 0.4) is 0 Å². The van der Waals surface area contributed by atoms with Crippen molar-refractivity contribution in [3.63, 3.8) is 0 Å². The molecule has 1 rings (SSSR count). The van der Waals surface area contributed by atoms with Crippen LogP contribution in [-0.4, -0.2) is 61.8 Å². The Morgan fingerprint density at radius 1 is 1.42 bits per heavy atom. The van der Waals surface area contributed by atoms with Crippen LogP contribution in [0.15, 0.2) is 0 Å². The van der Waals surface area contributed by atoms with Gasteiger partial charge in [0.15, 0.2) is 0 Å². The SMILES string of the molecule is CCN1CCOC(CNCCC(=O)NC(C)(C)C)C1. The van der Waals surface area contributed by atoms with Gasteiger partial charge < -0.3 is 15.4 Å². The minimum Gasteiger partial charge on any atom is -0.374 e. The molecule has 1 saturated heterocycles. The number of amides is 1. The van der Waals surface area contributed by atoms with Crippen molar-refractivity contribution in [3.8, 4) is 0 Å². The number of nitrogens with one attached hydrogen (secondary N) is 2. The second kappa shape index (κ2) is 7.82. The Balaban J connectivity index is 2.09. The molecule has 0 radical (unpaired) electrons. The van der Waals surface area contributed by atoms with Crippen LogP contribution < -0.4 is 10.6 Å². The average Bonchev–Trinajstić information content (AvgIpc) is 2.33. The highest BCUT2D eigenvalue weighted by Crippen LogP contribution is 2.03. The maximum absolute atomic E-state index is 11.6. The van der Waals surface area contributed by atoms with E-state index in [4.69, 9.17) is 4.74 Å². The third-order valence-electron chi connectivity index (χ3n) is 3.09. The van der Waals surface area contributed by atoms with Crippen LogP contribution in [0.2, 0.25) is 0 Å². The average molecular weight is 271 g/mol. The van der Waals surface area contributed by atoms with E-state index in [0.29, 0.717) is 13.0 Å². The fourth-order valence-corrected chi connectivity index (χ4v) is 2.14. The van der Waals surface area contributed by atoms with Crippen LogP contribution in [0.25, 0.3) is 0 Å². The van der Waals surface area contributed by atoms with E-state index in [9.17, 15) is 4.79 Å². The zero-order valence-corrected chi connectivity index (χ0v) is 12.8. The number of ether oxygens (including phenoxy) is 1. The van der Waals surface area contributed by atoms with E-state index < -0.39 is 0 Å². The third kappa shape index (κ3) is 7.50. The Bertz CT molecular complexity index is 276. The van der Waals surface area contributed by atoms with Gasteiger partial charge in [-0.2, -0.15) is 0 Å². The molecule has 1 unspecified atom stereocenters. The fraction of sp³-hybridized carbons (Fsp3) is 0.929. The quantitative estimate of drug-likeness (QED) is 0.695. The standard InChI is InChI=1S/C14H29N3O2/c1-5-17-8-9-19-12(11-17)10-15-7-6-13(18)16-14(2,3)4/h12,15H,5-11H2,1-4H3,(H,16,18). The van der Waals surface area contributed by atoms with Crippen molar-refractivity contribution in [2.24, 2.45) is 0 Å². The molecule has 1 atom stereocenters. The smallest absolute Gasteiger partial charge is 0.221 e. The summed E-state index contributed by atoms with van der Waals surface area (Å²) in [4.78, 5) is 14.0. The molecule has 19 heavy (non-hydrogen) atoms. The molecule has 0 aromatic heterocycles. The van der Waals surface area contributed by atoms with Crippen molar-refractivity contribution in [1.82, 2.24) is 15.5 Å². The molecule has 1 heterocycles. The number of rotatable bonds is 6. The molecule has 1 aliphatic rings. The minimum absolute atomic E-state index is 0.0970. The first-order valence-corrected chi connectivity index (χ1v) is 7.26. The van der Waals surface area contributed by atoms with E-state index >= 15 is 0 Å². The molecule has 2 N–H and O–H groups in total. The van der Waals surface area contributed by atoms with Gasteiger partial charge >= 0.3 is 0 Å². The Morgan fingerprint density at radius 3 is 2.79 bits per heavy atom. The molecule has 0 spiro atoms. The van der Waals surface area contributed by atoms with E-state index in [2.05, 4.69) is 22.5 Å². The predicted octanol–water partition coefficient (Wildman–Crippen LogP) is 0.602. The number of carbonyl (C=O) groups is 1. The zero-order valence-electron chi connectivity index (χ0n) is 12.8. The summed E-state index contributed by atoms with van der Waals surface area (Å²) in [5.41, 5.74) is -0.148. The molecule has 0 aliphatic carbocycles. The van der Waals surface area contributed by atoms with E-state index in [0.717, 1.165) is 32.8 Å². The van der Waals surface area contributed by atoms with E-state index in [-0.39, 0.29) is 17.6 Å². The van der Waals surface area contributed by atoms with E-state index in [1.165, 1.54) is 0 Å². The van der Waals surface area contributed by atoms with Crippen molar-refractivity contribution >= 4 is 5.91 Å². The van der Waals surface area contributed by atoms with Crippen molar-refractivity contribution in [3.05, 3.63) is 0 Å². The Hall–Kier alpha value is -0.650. The highest BCUT2D eigenvalue weighted by atomic mass is 16.5. The topological polar surface area (TPSA) is 53.6 Å². The van der Waals surface area contributed by atoms with Gasteiger partial charge in [-0.15, -0.1) is 0 Å². The number of carbonyl (C=O) groups excluding carboxylic acids is 1. The highest BCUT2D eigenvalue weighted by Gasteiger charge is 2.19. The van der Waals surface area contributed by atoms with Crippen LogP contribution in [-0.2, 0) is 9.53 Å². The summed E-state index contributed by atoms with van der Waals surface area (Å²) >= 11 is 0. The van der Waals surface area contributed by atoms with Gasteiger partial charge in [0.2, 0.25) is 5.91 Å². The Morgan fingerprint density at radius 2 is 2.16 bits per heavy atom. The van der Waals surface area contributed by atoms with Crippen LogP contribution >= 0.6 is 0 Å². The predicted molar refractivity (Wildman–Crippen MR) is 77.2 cm³/mol. The lowest BCUT2D eigenvalue weighted by molar-refractivity contribution is -0.122. The lowest BCUT2D eigenvalue weighted by Gasteiger charge is -2.32. The van der Waals surface area contributed by atoms with Crippen molar-refractivity contribution in [1.29, 1.82) is 0 Å². The summed E-state index contributed by atoms with van der Waals surface area (Å²) in [6.07, 6.45) is 0.765. The first kappa shape index (κ1) is 16.4. The molecule has 5 heteroatoms. The molecule has 1 aliphatic heterocycles. The van der Waals surface area contributed by atoms with Gasteiger partial charge in [0.05, 0.1) is 12.7 Å². The number of morpholine rings is 1. The molecule has 1 amide bonds. The van der Waals surface area contributed by atoms with Gasteiger partial charge in [-0.3, -0.25) is 9.69 Å². The van der Waals surface area contributed by atoms with Crippen LogP contribution in [0, 0.1) is 0 Å². The van der Waals surface area contributed by atoms with E-state index in [1.54, 1.807) is 0 Å². The van der Waals surface area contributed by atoms with Crippen LogP contribution in [0.1, 0.15) is 34.1 Å². The first-order chi connectivity index (χ1) is 8.90. The van der Waals surface area contributed by atoms with Crippen molar-refractivity contribution < 1.29 is 9.53 Å². The summed E-state index contributed by atoms with van der Waals surface area (Å²) in [5, 5.41) is 6.26. The molecular formula is C14H29N3O2. The lowest BCUT2D eigenvalue weighted by Crippen LogP contribution is -2.47. The second-order valence-electron chi connectivity index (χ2n) is 6.14. The molecule has 5 nitrogen and oxygen atoms in total. The largest absolute Gasteiger partial charge is 0.374 e. The van der Waals surface area contributed by atoms with Crippen molar-refractivity contribution in [2.75, 3.05) is 39.3 Å². The van der Waals surface area contributed by atoms with Gasteiger partial charge in [0.25, 0.3) is 0 Å². The molecule has 0 saturated carbocycles. The molecule has 0 aromatic carbocycles. The summed E-state index contributed by atoms with van der Waals surface area (Å²) in [7, 11) is 0. The number of nitrogens with zero attached hydrogens (tertiary/aromatic N) is 1. The number of hydrogen-bond acceptors (Lipinski definition) is 4. The Kier molecular flexibility index (Phi) is 6.75. The summed E-state index contributed by atoms with van der Waals surface area (Å²) in [5.74, 6) is 0.0970. The lowest BCUT2D eigenvalue weighted by atomic mass is 10.1. The number of likely N-dealkylation sites (N-methyl/N-ethyl adjacent to an activating group) is 1. The summed E-state index contributed by atoms with van der Waals surface area (Å²) in [6, 6.07) is 0. The van der Waals surface area contributed by atoms with Crippen LogP contribution in [0.5, 0.6) is 0 Å². The zero-order chi connectivity index (χ0) is 14.3.